The molecule has 4 N–H and O–H groups in total. The molecule has 0 bridgehead atoms. The number of rotatable bonds is 5. The van der Waals surface area contributed by atoms with Gasteiger partial charge in [-0.1, -0.05) is 18.2 Å². The van der Waals surface area contributed by atoms with E-state index < -0.39 is 0 Å². The van der Waals surface area contributed by atoms with Gasteiger partial charge in [-0.05, 0) is 54.8 Å². The van der Waals surface area contributed by atoms with E-state index in [1.165, 1.54) is 18.5 Å². The maximum absolute atomic E-state index is 13.0. The minimum atomic E-state index is -0.259. The highest BCUT2D eigenvalue weighted by molar-refractivity contribution is 5.77. The lowest BCUT2D eigenvalue weighted by Crippen LogP contribution is -2.08. The number of nitrogens with two attached hydrogens (primary N) is 1. The molecule has 0 saturated heterocycles. The molecule has 1 aromatic heterocycles. The van der Waals surface area contributed by atoms with Crippen LogP contribution in [0.4, 0.5) is 27.4 Å². The van der Waals surface area contributed by atoms with Crippen LogP contribution in [0.15, 0.2) is 48.8 Å². The normalized spacial score (nSPS) is 10.5. The predicted octanol–water partition coefficient (Wildman–Crippen LogP) is 4.17. The number of hydrogen-bond donors (Lipinski definition) is 3. The summed E-state index contributed by atoms with van der Waals surface area (Å²) in [5.41, 5.74) is 10.8. The molecule has 0 radical (unpaired) electrons. The van der Waals surface area contributed by atoms with Crippen LogP contribution >= 0.6 is 0 Å². The van der Waals surface area contributed by atoms with Crippen molar-refractivity contribution < 1.29 is 4.39 Å². The third kappa shape index (κ3) is 4.23. The average molecular weight is 337 g/mol. The van der Waals surface area contributed by atoms with Crippen LogP contribution in [0.1, 0.15) is 16.7 Å². The van der Waals surface area contributed by atoms with Crippen molar-refractivity contribution in [2.75, 3.05) is 16.4 Å². The van der Waals surface area contributed by atoms with Gasteiger partial charge in [-0.3, -0.25) is 0 Å². The minimum Gasteiger partial charge on any atom is -0.393 e. The average Bonchev–Trinajstić information content (AvgIpc) is 2.56. The first-order valence-electron chi connectivity index (χ1n) is 7.95. The molecule has 3 aromatic rings. The second kappa shape index (κ2) is 7.17. The Morgan fingerprint density at radius 3 is 2.28 bits per heavy atom. The summed E-state index contributed by atoms with van der Waals surface area (Å²) in [4.78, 5) is 8.41. The fraction of sp³-hybridized carbons (Fsp3) is 0.158. The highest BCUT2D eigenvalue weighted by Crippen LogP contribution is 2.27. The summed E-state index contributed by atoms with van der Waals surface area (Å²) in [5.74, 6) is 0.818. The SMILES string of the molecule is Cc1cc(C)cc(Nc2ncnc(NCc3ccc(F)cc3)c2N)c1. The predicted molar refractivity (Wildman–Crippen MR) is 99.4 cm³/mol. The van der Waals surface area contributed by atoms with E-state index in [1.807, 2.05) is 26.0 Å². The molecule has 0 unspecified atom stereocenters. The van der Waals surface area contributed by atoms with Crippen molar-refractivity contribution >= 4 is 23.0 Å². The zero-order valence-corrected chi connectivity index (χ0v) is 14.2. The molecule has 0 spiro atoms. The summed E-state index contributed by atoms with van der Waals surface area (Å²) in [6.45, 7) is 4.57. The van der Waals surface area contributed by atoms with E-state index in [0.717, 1.165) is 22.4 Å². The van der Waals surface area contributed by atoms with Crippen molar-refractivity contribution in [3.05, 3.63) is 71.3 Å². The summed E-state index contributed by atoms with van der Waals surface area (Å²) in [5, 5.41) is 6.39. The number of aryl methyl sites for hydroxylation is 2. The highest BCUT2D eigenvalue weighted by Gasteiger charge is 2.09. The van der Waals surface area contributed by atoms with Crippen LogP contribution in [0.2, 0.25) is 0 Å². The Morgan fingerprint density at radius 1 is 0.960 bits per heavy atom. The van der Waals surface area contributed by atoms with E-state index in [2.05, 4.69) is 26.7 Å². The zero-order chi connectivity index (χ0) is 17.8. The first-order valence-corrected chi connectivity index (χ1v) is 7.95. The van der Waals surface area contributed by atoms with Crippen LogP contribution in [-0.4, -0.2) is 9.97 Å². The van der Waals surface area contributed by atoms with Crippen LogP contribution in [0.25, 0.3) is 0 Å². The molecule has 2 aromatic carbocycles. The molecular formula is C19H20FN5. The minimum absolute atomic E-state index is 0.259. The molecule has 0 amide bonds. The van der Waals surface area contributed by atoms with Crippen LogP contribution in [-0.2, 0) is 6.54 Å². The maximum atomic E-state index is 13.0. The number of nitrogens with zero attached hydrogens (tertiary/aromatic N) is 2. The number of aromatic nitrogens is 2. The van der Waals surface area contributed by atoms with Gasteiger partial charge in [0.1, 0.15) is 17.8 Å². The van der Waals surface area contributed by atoms with Crippen LogP contribution in [0.3, 0.4) is 0 Å². The summed E-state index contributed by atoms with van der Waals surface area (Å²) < 4.78 is 13.0. The Balaban J connectivity index is 1.76. The number of nitrogen functional groups attached to an aromatic ring is 1. The third-order valence-corrected chi connectivity index (χ3v) is 3.74. The van der Waals surface area contributed by atoms with Crippen LogP contribution in [0, 0.1) is 19.7 Å². The van der Waals surface area contributed by atoms with Gasteiger partial charge in [0, 0.05) is 12.2 Å². The van der Waals surface area contributed by atoms with Crippen molar-refractivity contribution in [2.45, 2.75) is 20.4 Å². The summed E-state index contributed by atoms with van der Waals surface area (Å²) in [6.07, 6.45) is 1.45. The molecule has 25 heavy (non-hydrogen) atoms. The Hall–Kier alpha value is -3.15. The van der Waals surface area contributed by atoms with E-state index in [0.29, 0.717) is 23.9 Å². The molecule has 0 aliphatic rings. The van der Waals surface area contributed by atoms with E-state index in [9.17, 15) is 4.39 Å². The van der Waals surface area contributed by atoms with Crippen molar-refractivity contribution in [3.63, 3.8) is 0 Å². The molecule has 3 rings (SSSR count). The summed E-state index contributed by atoms with van der Waals surface area (Å²) in [6, 6.07) is 12.4. The fourth-order valence-electron chi connectivity index (χ4n) is 2.61. The van der Waals surface area contributed by atoms with Crippen molar-refractivity contribution in [1.82, 2.24) is 9.97 Å². The Labute approximate surface area is 146 Å². The first-order chi connectivity index (χ1) is 12.0. The Kier molecular flexibility index (Phi) is 4.79. The lowest BCUT2D eigenvalue weighted by molar-refractivity contribution is 0.627. The van der Waals surface area contributed by atoms with Gasteiger partial charge in [0.05, 0.1) is 0 Å². The maximum Gasteiger partial charge on any atom is 0.159 e. The Morgan fingerprint density at radius 2 is 1.60 bits per heavy atom. The Bertz CT molecular complexity index is 857. The number of hydrogen-bond acceptors (Lipinski definition) is 5. The number of anilines is 4. The largest absolute Gasteiger partial charge is 0.393 e. The molecule has 0 aliphatic heterocycles. The van der Waals surface area contributed by atoms with E-state index >= 15 is 0 Å². The number of nitrogens with one attached hydrogen (secondary N) is 2. The molecule has 6 heteroatoms. The zero-order valence-electron chi connectivity index (χ0n) is 14.2. The number of halogens is 1. The molecule has 0 fully saturated rings. The van der Waals surface area contributed by atoms with E-state index in [1.54, 1.807) is 12.1 Å². The summed E-state index contributed by atoms with van der Waals surface area (Å²) in [7, 11) is 0. The monoisotopic (exact) mass is 337 g/mol. The fourth-order valence-corrected chi connectivity index (χ4v) is 2.61. The smallest absolute Gasteiger partial charge is 0.159 e. The quantitative estimate of drug-likeness (QED) is 0.651. The van der Waals surface area contributed by atoms with Gasteiger partial charge in [0.25, 0.3) is 0 Å². The third-order valence-electron chi connectivity index (χ3n) is 3.74. The topological polar surface area (TPSA) is 75.9 Å². The first kappa shape index (κ1) is 16.7. The second-order valence-electron chi connectivity index (χ2n) is 5.97. The van der Waals surface area contributed by atoms with Gasteiger partial charge in [0.2, 0.25) is 0 Å². The molecule has 128 valence electrons. The van der Waals surface area contributed by atoms with Crippen molar-refractivity contribution in [3.8, 4) is 0 Å². The van der Waals surface area contributed by atoms with Crippen molar-refractivity contribution in [1.29, 1.82) is 0 Å². The molecule has 0 aliphatic carbocycles. The molecule has 5 nitrogen and oxygen atoms in total. The van der Waals surface area contributed by atoms with Crippen LogP contribution in [0.5, 0.6) is 0 Å². The second-order valence-corrected chi connectivity index (χ2v) is 5.97. The van der Waals surface area contributed by atoms with E-state index in [-0.39, 0.29) is 5.82 Å². The molecule has 0 saturated carbocycles. The van der Waals surface area contributed by atoms with E-state index in [4.69, 9.17) is 5.73 Å². The number of benzene rings is 2. The summed E-state index contributed by atoms with van der Waals surface area (Å²) >= 11 is 0. The molecule has 1 heterocycles. The lowest BCUT2D eigenvalue weighted by atomic mass is 10.1. The van der Waals surface area contributed by atoms with Gasteiger partial charge in [-0.2, -0.15) is 0 Å². The van der Waals surface area contributed by atoms with Gasteiger partial charge in [-0.25, -0.2) is 14.4 Å². The van der Waals surface area contributed by atoms with Gasteiger partial charge in [-0.15, -0.1) is 0 Å². The van der Waals surface area contributed by atoms with Crippen molar-refractivity contribution in [2.24, 2.45) is 0 Å². The van der Waals surface area contributed by atoms with Gasteiger partial charge < -0.3 is 16.4 Å². The van der Waals surface area contributed by atoms with Gasteiger partial charge >= 0.3 is 0 Å². The van der Waals surface area contributed by atoms with Gasteiger partial charge in [0.15, 0.2) is 11.6 Å². The lowest BCUT2D eigenvalue weighted by Gasteiger charge is -2.13. The molecule has 0 atom stereocenters. The highest BCUT2D eigenvalue weighted by atomic mass is 19.1. The van der Waals surface area contributed by atoms with Crippen LogP contribution < -0.4 is 16.4 Å². The standard InChI is InChI=1S/C19H20FN5/c1-12-7-13(2)9-16(8-12)25-19-17(21)18(23-11-24-19)22-10-14-3-5-15(20)6-4-14/h3-9,11H,10,21H2,1-2H3,(H2,22,23,24,25). The molecular weight excluding hydrogens is 317 g/mol.